The maximum Gasteiger partial charge on any atom is 0.248 e. The zero-order chi connectivity index (χ0) is 20.9. The van der Waals surface area contributed by atoms with Crippen LogP contribution in [0.4, 0.5) is 5.69 Å². The third-order valence-corrected chi connectivity index (χ3v) is 5.71. The summed E-state index contributed by atoms with van der Waals surface area (Å²) in [5.41, 5.74) is 5.91. The van der Waals surface area contributed by atoms with Gasteiger partial charge in [-0.1, -0.05) is 60.1 Å². The molecule has 30 heavy (non-hydrogen) atoms. The van der Waals surface area contributed by atoms with Crippen LogP contribution in [0.15, 0.2) is 84.3 Å². The highest BCUT2D eigenvalue weighted by Crippen LogP contribution is 2.31. The van der Waals surface area contributed by atoms with Gasteiger partial charge in [0.2, 0.25) is 5.91 Å². The molecular formula is C25H19ClN2OS. The van der Waals surface area contributed by atoms with E-state index in [0.29, 0.717) is 5.02 Å². The smallest absolute Gasteiger partial charge is 0.248 e. The van der Waals surface area contributed by atoms with E-state index in [0.717, 1.165) is 33.1 Å². The fourth-order valence-electron chi connectivity index (χ4n) is 3.03. The van der Waals surface area contributed by atoms with Gasteiger partial charge in [-0.25, -0.2) is 4.98 Å². The van der Waals surface area contributed by atoms with Gasteiger partial charge in [-0.3, -0.25) is 4.79 Å². The predicted molar refractivity (Wildman–Crippen MR) is 127 cm³/mol. The van der Waals surface area contributed by atoms with E-state index in [1.54, 1.807) is 29.5 Å². The third kappa shape index (κ3) is 4.85. The molecule has 0 atom stereocenters. The summed E-state index contributed by atoms with van der Waals surface area (Å²) in [7, 11) is 0. The molecule has 1 N–H and O–H groups in total. The SMILES string of the molecule is Cc1ccccc1-c1nc(-c2ccc(NC(=O)/C=C/c3cccc(Cl)c3)cc2)cs1. The second kappa shape index (κ2) is 9.08. The maximum atomic E-state index is 12.2. The number of benzene rings is 3. The molecule has 5 heteroatoms. The second-order valence-corrected chi connectivity index (χ2v) is 8.10. The van der Waals surface area contributed by atoms with E-state index in [4.69, 9.17) is 16.6 Å². The van der Waals surface area contributed by atoms with Gasteiger partial charge in [0.05, 0.1) is 5.69 Å². The van der Waals surface area contributed by atoms with E-state index in [1.807, 2.05) is 48.5 Å². The van der Waals surface area contributed by atoms with Crippen molar-refractivity contribution >= 4 is 40.6 Å². The lowest BCUT2D eigenvalue weighted by atomic mass is 10.1. The summed E-state index contributed by atoms with van der Waals surface area (Å²) in [5, 5.41) is 6.57. The summed E-state index contributed by atoms with van der Waals surface area (Å²) in [6.45, 7) is 2.09. The van der Waals surface area contributed by atoms with Crippen molar-refractivity contribution in [2.24, 2.45) is 0 Å². The summed E-state index contributed by atoms with van der Waals surface area (Å²) in [6, 6.07) is 23.3. The van der Waals surface area contributed by atoms with Crippen LogP contribution in [-0.4, -0.2) is 10.9 Å². The fraction of sp³-hybridized carbons (Fsp3) is 0.0400. The molecule has 4 rings (SSSR count). The van der Waals surface area contributed by atoms with Crippen molar-refractivity contribution in [2.45, 2.75) is 6.92 Å². The number of carbonyl (C=O) groups excluding carboxylic acids is 1. The van der Waals surface area contributed by atoms with Crippen LogP contribution in [0.5, 0.6) is 0 Å². The van der Waals surface area contributed by atoms with Gasteiger partial charge in [0.15, 0.2) is 0 Å². The number of aryl methyl sites for hydroxylation is 1. The fourth-order valence-corrected chi connectivity index (χ4v) is 4.15. The second-order valence-electron chi connectivity index (χ2n) is 6.81. The first-order chi connectivity index (χ1) is 14.6. The van der Waals surface area contributed by atoms with E-state index in [2.05, 4.69) is 29.8 Å². The van der Waals surface area contributed by atoms with Gasteiger partial charge in [0, 0.05) is 33.3 Å². The average molecular weight is 431 g/mol. The molecule has 0 aliphatic carbocycles. The van der Waals surface area contributed by atoms with Crippen LogP contribution >= 0.6 is 22.9 Å². The number of amides is 1. The van der Waals surface area contributed by atoms with Crippen molar-refractivity contribution in [1.29, 1.82) is 0 Å². The van der Waals surface area contributed by atoms with Crippen molar-refractivity contribution in [3.05, 3.63) is 100 Å². The molecule has 1 amide bonds. The van der Waals surface area contributed by atoms with Gasteiger partial charge in [0.1, 0.15) is 5.01 Å². The Morgan fingerprint density at radius 1 is 1.03 bits per heavy atom. The normalized spacial score (nSPS) is 11.0. The topological polar surface area (TPSA) is 42.0 Å². The van der Waals surface area contributed by atoms with Gasteiger partial charge in [-0.2, -0.15) is 0 Å². The number of hydrogen-bond donors (Lipinski definition) is 1. The van der Waals surface area contributed by atoms with Crippen LogP contribution in [-0.2, 0) is 4.79 Å². The molecule has 0 bridgehead atoms. The van der Waals surface area contributed by atoms with Crippen LogP contribution in [0.25, 0.3) is 27.9 Å². The minimum Gasteiger partial charge on any atom is -0.323 e. The van der Waals surface area contributed by atoms with Gasteiger partial charge < -0.3 is 5.32 Å². The van der Waals surface area contributed by atoms with Gasteiger partial charge in [-0.15, -0.1) is 11.3 Å². The highest BCUT2D eigenvalue weighted by molar-refractivity contribution is 7.13. The number of hydrogen-bond acceptors (Lipinski definition) is 3. The Labute approximate surface area is 184 Å². The first-order valence-electron chi connectivity index (χ1n) is 9.45. The number of nitrogens with zero attached hydrogens (tertiary/aromatic N) is 1. The summed E-state index contributed by atoms with van der Waals surface area (Å²) >= 11 is 7.59. The molecular weight excluding hydrogens is 412 g/mol. The molecule has 0 unspecified atom stereocenters. The number of rotatable bonds is 5. The van der Waals surface area contributed by atoms with Crippen molar-refractivity contribution in [3.8, 4) is 21.8 Å². The van der Waals surface area contributed by atoms with E-state index in [1.165, 1.54) is 11.6 Å². The predicted octanol–water partition coefficient (Wildman–Crippen LogP) is 7.09. The Hall–Kier alpha value is -3.21. The molecule has 3 aromatic carbocycles. The lowest BCUT2D eigenvalue weighted by molar-refractivity contribution is -0.111. The Morgan fingerprint density at radius 3 is 2.60 bits per heavy atom. The first kappa shape index (κ1) is 20.1. The molecule has 148 valence electrons. The Morgan fingerprint density at radius 2 is 1.83 bits per heavy atom. The van der Waals surface area contributed by atoms with Gasteiger partial charge >= 0.3 is 0 Å². The molecule has 1 heterocycles. The van der Waals surface area contributed by atoms with Crippen LogP contribution in [0.2, 0.25) is 5.02 Å². The monoisotopic (exact) mass is 430 g/mol. The maximum absolute atomic E-state index is 12.2. The summed E-state index contributed by atoms with van der Waals surface area (Å²) in [6.07, 6.45) is 3.23. The molecule has 0 aliphatic rings. The lowest BCUT2D eigenvalue weighted by Gasteiger charge is -2.04. The molecule has 3 nitrogen and oxygen atoms in total. The van der Waals surface area contributed by atoms with Crippen LogP contribution in [0.1, 0.15) is 11.1 Å². The summed E-state index contributed by atoms with van der Waals surface area (Å²) in [4.78, 5) is 17.0. The standard InChI is InChI=1S/C25H19ClN2OS/c1-17-5-2-3-8-22(17)25-28-23(16-30-25)19-10-12-21(13-11-19)27-24(29)14-9-18-6-4-7-20(26)15-18/h2-16H,1H3,(H,27,29)/b14-9+. The number of carbonyl (C=O) groups is 1. The lowest BCUT2D eigenvalue weighted by Crippen LogP contribution is -2.07. The Kier molecular flexibility index (Phi) is 6.07. The van der Waals surface area contributed by atoms with Crippen LogP contribution in [0.3, 0.4) is 0 Å². The number of thiazole rings is 1. The van der Waals surface area contributed by atoms with E-state index < -0.39 is 0 Å². The van der Waals surface area contributed by atoms with Gasteiger partial charge in [-0.05, 0) is 48.4 Å². The minimum atomic E-state index is -0.196. The quantitative estimate of drug-likeness (QED) is 0.343. The third-order valence-electron chi connectivity index (χ3n) is 4.60. The number of aromatic nitrogens is 1. The zero-order valence-electron chi connectivity index (χ0n) is 16.3. The van der Waals surface area contributed by atoms with Crippen molar-refractivity contribution < 1.29 is 4.79 Å². The highest BCUT2D eigenvalue weighted by atomic mass is 35.5. The molecule has 0 fully saturated rings. The molecule has 0 saturated heterocycles. The van der Waals surface area contributed by atoms with E-state index in [9.17, 15) is 4.79 Å². The van der Waals surface area contributed by atoms with Crippen LogP contribution in [0, 0.1) is 6.92 Å². The van der Waals surface area contributed by atoms with Crippen LogP contribution < -0.4 is 5.32 Å². The number of nitrogens with one attached hydrogen (secondary N) is 1. The minimum absolute atomic E-state index is 0.196. The molecule has 4 aromatic rings. The largest absolute Gasteiger partial charge is 0.323 e. The summed E-state index contributed by atoms with van der Waals surface area (Å²) in [5.74, 6) is -0.196. The van der Waals surface area contributed by atoms with Crippen molar-refractivity contribution in [3.63, 3.8) is 0 Å². The number of halogens is 1. The molecule has 0 radical (unpaired) electrons. The van der Waals surface area contributed by atoms with Gasteiger partial charge in [0.25, 0.3) is 0 Å². The van der Waals surface area contributed by atoms with Crippen molar-refractivity contribution in [2.75, 3.05) is 5.32 Å². The number of anilines is 1. The van der Waals surface area contributed by atoms with E-state index >= 15 is 0 Å². The highest BCUT2D eigenvalue weighted by Gasteiger charge is 2.09. The molecule has 1 aromatic heterocycles. The zero-order valence-corrected chi connectivity index (χ0v) is 17.9. The van der Waals surface area contributed by atoms with E-state index in [-0.39, 0.29) is 5.91 Å². The summed E-state index contributed by atoms with van der Waals surface area (Å²) < 4.78 is 0. The molecule has 0 aliphatic heterocycles. The van der Waals surface area contributed by atoms with Crippen molar-refractivity contribution in [1.82, 2.24) is 4.98 Å². The Bertz CT molecular complexity index is 1210. The Balaban J connectivity index is 1.43. The average Bonchev–Trinajstić information content (AvgIpc) is 3.23. The molecule has 0 spiro atoms. The first-order valence-corrected chi connectivity index (χ1v) is 10.7. The molecule has 0 saturated carbocycles.